The Hall–Kier alpha value is -2.24. The second kappa shape index (κ2) is 4.52. The Morgan fingerprint density at radius 2 is 2.31 bits per heavy atom. The van der Waals surface area contributed by atoms with Crippen LogP contribution < -0.4 is 11.2 Å². The minimum absolute atomic E-state index is 0.176. The van der Waals surface area contributed by atoms with Crippen molar-refractivity contribution in [3.63, 3.8) is 0 Å². The first kappa shape index (κ1) is 10.3. The van der Waals surface area contributed by atoms with Crippen molar-refractivity contribution in [2.45, 2.75) is 12.8 Å². The molecule has 1 aromatic heterocycles. The number of nitrogens with one attached hydrogen (secondary N) is 2. The standard InChI is InChI=1S/C10H10N4O2/c15-9-8(6-13-10(16)14-9)12-5-7-2-1-3-11-4-7/h3-6H,1-2H2,(H2,13,14,15,16)/b12-5+. The van der Waals surface area contributed by atoms with Gasteiger partial charge in [-0.25, -0.2) is 9.79 Å². The third-order valence-electron chi connectivity index (χ3n) is 2.08. The molecule has 0 unspecified atom stereocenters. The summed E-state index contributed by atoms with van der Waals surface area (Å²) in [5.41, 5.74) is 0.0912. The van der Waals surface area contributed by atoms with Crippen molar-refractivity contribution in [1.29, 1.82) is 0 Å². The van der Waals surface area contributed by atoms with Gasteiger partial charge in [-0.3, -0.25) is 14.8 Å². The molecule has 0 atom stereocenters. The van der Waals surface area contributed by atoms with Crippen LogP contribution in [0, 0.1) is 0 Å². The van der Waals surface area contributed by atoms with E-state index in [-0.39, 0.29) is 5.69 Å². The summed E-state index contributed by atoms with van der Waals surface area (Å²) >= 11 is 0. The van der Waals surface area contributed by atoms with Crippen molar-refractivity contribution in [2.24, 2.45) is 9.98 Å². The summed E-state index contributed by atoms with van der Waals surface area (Å²) in [7, 11) is 0. The van der Waals surface area contributed by atoms with E-state index >= 15 is 0 Å². The molecule has 0 fully saturated rings. The van der Waals surface area contributed by atoms with Crippen LogP contribution in [0.3, 0.4) is 0 Å². The van der Waals surface area contributed by atoms with E-state index in [9.17, 15) is 9.59 Å². The first-order chi connectivity index (χ1) is 7.75. The summed E-state index contributed by atoms with van der Waals surface area (Å²) in [6.45, 7) is 0. The van der Waals surface area contributed by atoms with E-state index in [0.29, 0.717) is 0 Å². The zero-order valence-corrected chi connectivity index (χ0v) is 8.43. The third kappa shape index (κ3) is 2.41. The van der Waals surface area contributed by atoms with E-state index in [1.54, 1.807) is 12.4 Å². The monoisotopic (exact) mass is 218 g/mol. The fraction of sp³-hybridized carbons (Fsp3) is 0.200. The van der Waals surface area contributed by atoms with Crippen LogP contribution in [-0.4, -0.2) is 22.4 Å². The lowest BCUT2D eigenvalue weighted by Gasteiger charge is -2.00. The van der Waals surface area contributed by atoms with Crippen molar-refractivity contribution in [3.05, 3.63) is 38.8 Å². The molecule has 6 heteroatoms. The highest BCUT2D eigenvalue weighted by molar-refractivity contribution is 5.82. The summed E-state index contributed by atoms with van der Waals surface area (Å²) in [6, 6.07) is 0. The Balaban J connectivity index is 2.23. The summed E-state index contributed by atoms with van der Waals surface area (Å²) in [5, 5.41) is 0. The number of rotatable bonds is 2. The van der Waals surface area contributed by atoms with Gasteiger partial charge in [0.05, 0.1) is 0 Å². The average molecular weight is 218 g/mol. The largest absolute Gasteiger partial charge is 0.325 e. The summed E-state index contributed by atoms with van der Waals surface area (Å²) < 4.78 is 0. The molecule has 0 saturated carbocycles. The summed E-state index contributed by atoms with van der Waals surface area (Å²) in [4.78, 5) is 34.5. The Labute approximate surface area is 90.5 Å². The van der Waals surface area contributed by atoms with Gasteiger partial charge in [0, 0.05) is 24.8 Å². The molecule has 2 N–H and O–H groups in total. The van der Waals surface area contributed by atoms with Gasteiger partial charge in [0.2, 0.25) is 0 Å². The van der Waals surface area contributed by atoms with Crippen LogP contribution >= 0.6 is 0 Å². The van der Waals surface area contributed by atoms with Gasteiger partial charge >= 0.3 is 5.69 Å². The number of hydrogen-bond acceptors (Lipinski definition) is 4. The smallest absolute Gasteiger partial charge is 0.312 e. The maximum Gasteiger partial charge on any atom is 0.325 e. The van der Waals surface area contributed by atoms with Gasteiger partial charge < -0.3 is 4.98 Å². The number of nitrogens with zero attached hydrogens (tertiary/aromatic N) is 2. The van der Waals surface area contributed by atoms with Crippen LogP contribution in [0.1, 0.15) is 12.8 Å². The SMILES string of the molecule is O=c1[nH]cc(/N=C/C2=CN=CCC2)c(=O)[nH]1. The highest BCUT2D eigenvalue weighted by Crippen LogP contribution is 2.08. The molecule has 0 aromatic carbocycles. The van der Waals surface area contributed by atoms with E-state index < -0.39 is 11.2 Å². The summed E-state index contributed by atoms with van der Waals surface area (Å²) in [6.07, 6.45) is 8.12. The van der Waals surface area contributed by atoms with Crippen molar-refractivity contribution in [1.82, 2.24) is 9.97 Å². The minimum atomic E-state index is -0.537. The molecular formula is C10H10N4O2. The van der Waals surface area contributed by atoms with E-state index in [4.69, 9.17) is 0 Å². The minimum Gasteiger partial charge on any atom is -0.312 e. The molecule has 0 saturated heterocycles. The van der Waals surface area contributed by atoms with Gasteiger partial charge in [-0.2, -0.15) is 0 Å². The maximum atomic E-state index is 11.3. The van der Waals surface area contributed by atoms with Crippen molar-refractivity contribution >= 4 is 18.1 Å². The predicted octanol–water partition coefficient (Wildman–Crippen LogP) is 0.514. The number of hydrogen-bond donors (Lipinski definition) is 2. The lowest BCUT2D eigenvalue weighted by molar-refractivity contribution is 1.03. The van der Waals surface area contributed by atoms with E-state index in [0.717, 1.165) is 18.4 Å². The van der Waals surface area contributed by atoms with Crippen LogP contribution in [0.2, 0.25) is 0 Å². The van der Waals surface area contributed by atoms with E-state index in [1.165, 1.54) is 6.20 Å². The number of aromatic nitrogens is 2. The Morgan fingerprint density at radius 1 is 1.44 bits per heavy atom. The molecule has 6 nitrogen and oxygen atoms in total. The topological polar surface area (TPSA) is 90.4 Å². The highest BCUT2D eigenvalue weighted by Gasteiger charge is 1.99. The van der Waals surface area contributed by atoms with Crippen molar-refractivity contribution < 1.29 is 0 Å². The number of allylic oxidation sites excluding steroid dienone is 1. The molecule has 2 rings (SSSR count). The molecular weight excluding hydrogens is 208 g/mol. The van der Waals surface area contributed by atoms with Crippen molar-refractivity contribution in [3.8, 4) is 0 Å². The van der Waals surface area contributed by atoms with Crippen LogP contribution in [0.4, 0.5) is 5.69 Å². The lowest BCUT2D eigenvalue weighted by Crippen LogP contribution is -2.20. The Morgan fingerprint density at radius 3 is 3.00 bits per heavy atom. The van der Waals surface area contributed by atoms with Gasteiger partial charge in [0.1, 0.15) is 5.69 Å². The molecule has 0 bridgehead atoms. The number of aromatic amines is 2. The molecule has 0 radical (unpaired) electrons. The maximum absolute atomic E-state index is 11.3. The molecule has 82 valence electrons. The van der Waals surface area contributed by atoms with Crippen LogP contribution in [0.15, 0.2) is 37.5 Å². The van der Waals surface area contributed by atoms with Crippen molar-refractivity contribution in [2.75, 3.05) is 0 Å². The second-order valence-electron chi connectivity index (χ2n) is 3.29. The van der Waals surface area contributed by atoms with Crippen LogP contribution in [-0.2, 0) is 0 Å². The van der Waals surface area contributed by atoms with E-state index in [2.05, 4.69) is 20.0 Å². The molecule has 0 spiro atoms. The molecule has 1 aromatic rings. The normalized spacial score (nSPS) is 15.4. The Kier molecular flexibility index (Phi) is 2.90. The highest BCUT2D eigenvalue weighted by atomic mass is 16.2. The predicted molar refractivity (Wildman–Crippen MR) is 61.6 cm³/mol. The molecule has 16 heavy (non-hydrogen) atoms. The molecule has 1 aliphatic rings. The van der Waals surface area contributed by atoms with Gasteiger partial charge in [0.25, 0.3) is 5.56 Å². The average Bonchev–Trinajstić information content (AvgIpc) is 2.29. The first-order valence-electron chi connectivity index (χ1n) is 4.82. The van der Waals surface area contributed by atoms with Gasteiger partial charge in [-0.15, -0.1) is 0 Å². The first-order valence-corrected chi connectivity index (χ1v) is 4.82. The van der Waals surface area contributed by atoms with Crippen LogP contribution in [0.5, 0.6) is 0 Å². The number of H-pyrrole nitrogens is 2. The zero-order valence-electron chi connectivity index (χ0n) is 8.43. The lowest BCUT2D eigenvalue weighted by atomic mass is 10.1. The van der Waals surface area contributed by atoms with Gasteiger partial charge in [0.15, 0.2) is 0 Å². The Bertz CT molecular complexity index is 577. The fourth-order valence-electron chi connectivity index (χ4n) is 1.27. The zero-order chi connectivity index (χ0) is 11.4. The molecule has 0 aliphatic carbocycles. The third-order valence-corrected chi connectivity index (χ3v) is 2.08. The van der Waals surface area contributed by atoms with Gasteiger partial charge in [-0.05, 0) is 18.4 Å². The van der Waals surface area contributed by atoms with Crippen LogP contribution in [0.25, 0.3) is 0 Å². The van der Waals surface area contributed by atoms with Gasteiger partial charge in [-0.1, -0.05) is 0 Å². The second-order valence-corrected chi connectivity index (χ2v) is 3.29. The van der Waals surface area contributed by atoms with E-state index in [1.807, 2.05) is 6.21 Å². The molecule has 2 heterocycles. The summed E-state index contributed by atoms with van der Waals surface area (Å²) in [5.74, 6) is 0. The molecule has 1 aliphatic heterocycles. The fourth-order valence-corrected chi connectivity index (χ4v) is 1.27. The molecule has 0 amide bonds. The quantitative estimate of drug-likeness (QED) is 0.708. The number of aliphatic imine (C=N–C) groups is 2.